The molecule has 1 heterocycles. The van der Waals surface area contributed by atoms with Gasteiger partial charge in [0.1, 0.15) is 0 Å². The molecule has 0 saturated heterocycles. The molecule has 0 unspecified atom stereocenters. The topological polar surface area (TPSA) is 59.8 Å². The molecule has 0 aliphatic rings. The molecule has 0 fully saturated rings. The van der Waals surface area contributed by atoms with Crippen molar-refractivity contribution < 1.29 is 4.79 Å². The zero-order valence-electron chi connectivity index (χ0n) is 13.8. The third-order valence-electron chi connectivity index (χ3n) is 3.57. The summed E-state index contributed by atoms with van der Waals surface area (Å²) in [6.07, 6.45) is 0. The van der Waals surface area contributed by atoms with E-state index >= 15 is 0 Å². The van der Waals surface area contributed by atoms with Crippen molar-refractivity contribution in [2.45, 2.75) is 5.16 Å². The number of carbonyl (C=O) groups excluding carboxylic acids is 1. The Bertz CT molecular complexity index is 988. The normalized spacial score (nSPS) is 10.9. The van der Waals surface area contributed by atoms with Gasteiger partial charge in [0.05, 0.1) is 26.5 Å². The van der Waals surface area contributed by atoms with E-state index in [1.165, 1.54) is 11.8 Å². The van der Waals surface area contributed by atoms with Crippen LogP contribution in [0.25, 0.3) is 11.4 Å². The molecule has 5 nitrogen and oxygen atoms in total. The van der Waals surface area contributed by atoms with Crippen molar-refractivity contribution >= 4 is 69.8 Å². The number of nitrogens with zero attached hydrogens (tertiary/aromatic N) is 3. The van der Waals surface area contributed by atoms with Crippen molar-refractivity contribution in [3.8, 4) is 11.4 Å². The highest BCUT2D eigenvalue weighted by atomic mass is 35.5. The summed E-state index contributed by atoms with van der Waals surface area (Å²) in [7, 11) is 1.80. The summed E-state index contributed by atoms with van der Waals surface area (Å²) in [5.74, 6) is 0.430. The van der Waals surface area contributed by atoms with Gasteiger partial charge in [-0.15, -0.1) is 10.2 Å². The number of para-hydroxylation sites is 1. The van der Waals surface area contributed by atoms with Crippen LogP contribution in [0.5, 0.6) is 0 Å². The highest BCUT2D eigenvalue weighted by Crippen LogP contribution is 2.32. The van der Waals surface area contributed by atoms with Gasteiger partial charge in [0.25, 0.3) is 0 Å². The lowest BCUT2D eigenvalue weighted by Crippen LogP contribution is -2.15. The van der Waals surface area contributed by atoms with E-state index in [0.717, 1.165) is 0 Å². The first-order valence-electron chi connectivity index (χ1n) is 7.58. The molecule has 2 aromatic carbocycles. The number of anilines is 1. The van der Waals surface area contributed by atoms with Crippen molar-refractivity contribution in [3.63, 3.8) is 0 Å². The molecule has 0 spiro atoms. The zero-order valence-corrected chi connectivity index (χ0v) is 17.7. The van der Waals surface area contributed by atoms with Crippen LogP contribution in [-0.4, -0.2) is 26.4 Å². The SMILES string of the molecule is Cn1c(SCC(=O)Nc2c(Cl)cccc2Cl)nnc1-c1ccc(Cl)cc1Cl. The summed E-state index contributed by atoms with van der Waals surface area (Å²) in [5.41, 5.74) is 1.09. The van der Waals surface area contributed by atoms with Gasteiger partial charge in [0, 0.05) is 17.6 Å². The number of amides is 1. The molecule has 3 rings (SSSR count). The molecular formula is C17H12Cl4N4OS. The Morgan fingerprint density at radius 3 is 2.44 bits per heavy atom. The van der Waals surface area contributed by atoms with Gasteiger partial charge in [-0.3, -0.25) is 4.79 Å². The Morgan fingerprint density at radius 1 is 1.07 bits per heavy atom. The monoisotopic (exact) mass is 460 g/mol. The second-order valence-electron chi connectivity index (χ2n) is 5.42. The van der Waals surface area contributed by atoms with Crippen molar-refractivity contribution in [2.75, 3.05) is 11.1 Å². The first-order valence-corrected chi connectivity index (χ1v) is 10.1. The van der Waals surface area contributed by atoms with Crippen LogP contribution in [-0.2, 0) is 11.8 Å². The van der Waals surface area contributed by atoms with Crippen molar-refractivity contribution in [3.05, 3.63) is 56.5 Å². The lowest BCUT2D eigenvalue weighted by molar-refractivity contribution is -0.113. The van der Waals surface area contributed by atoms with Gasteiger partial charge < -0.3 is 9.88 Å². The predicted molar refractivity (Wildman–Crippen MR) is 112 cm³/mol. The first kappa shape index (κ1) is 20.3. The fraction of sp³-hybridized carbons (Fsp3) is 0.118. The molecule has 0 saturated carbocycles. The number of nitrogens with one attached hydrogen (secondary N) is 1. The molecule has 0 aliphatic carbocycles. The van der Waals surface area contributed by atoms with E-state index in [1.807, 2.05) is 0 Å². The Kier molecular flexibility index (Phi) is 6.55. The summed E-state index contributed by atoms with van der Waals surface area (Å²) < 4.78 is 1.76. The van der Waals surface area contributed by atoms with Gasteiger partial charge in [-0.1, -0.05) is 64.2 Å². The van der Waals surface area contributed by atoms with E-state index in [4.69, 9.17) is 46.4 Å². The van der Waals surface area contributed by atoms with Crippen LogP contribution < -0.4 is 5.32 Å². The summed E-state index contributed by atoms with van der Waals surface area (Å²) >= 11 is 25.5. The van der Waals surface area contributed by atoms with Crippen LogP contribution in [0, 0.1) is 0 Å². The minimum absolute atomic E-state index is 0.113. The molecule has 27 heavy (non-hydrogen) atoms. The molecule has 0 aliphatic heterocycles. The zero-order chi connectivity index (χ0) is 19.6. The molecule has 0 atom stereocenters. The smallest absolute Gasteiger partial charge is 0.234 e. The van der Waals surface area contributed by atoms with E-state index in [0.29, 0.717) is 42.3 Å². The number of rotatable bonds is 5. The van der Waals surface area contributed by atoms with E-state index < -0.39 is 0 Å². The third kappa shape index (κ3) is 4.70. The standard InChI is InChI=1S/C17H12Cl4N4OS/c1-25-16(10-6-5-9(18)7-13(10)21)23-24-17(25)27-8-14(26)22-15-11(19)3-2-4-12(15)20/h2-7H,8H2,1H3,(H,22,26). The molecule has 10 heteroatoms. The quantitative estimate of drug-likeness (QED) is 0.485. The lowest BCUT2D eigenvalue weighted by atomic mass is 10.2. The van der Waals surface area contributed by atoms with Crippen LogP contribution in [0.15, 0.2) is 41.6 Å². The summed E-state index contributed by atoms with van der Waals surface area (Å²) in [5, 5.41) is 13.3. The highest BCUT2D eigenvalue weighted by molar-refractivity contribution is 7.99. The molecule has 140 valence electrons. The van der Waals surface area contributed by atoms with Gasteiger partial charge in [-0.05, 0) is 30.3 Å². The summed E-state index contributed by atoms with van der Waals surface area (Å²) in [4.78, 5) is 12.2. The number of hydrogen-bond donors (Lipinski definition) is 1. The minimum Gasteiger partial charge on any atom is -0.323 e. The van der Waals surface area contributed by atoms with E-state index in [2.05, 4.69) is 15.5 Å². The van der Waals surface area contributed by atoms with Gasteiger partial charge in [0.15, 0.2) is 11.0 Å². The average Bonchev–Trinajstić information content (AvgIpc) is 2.97. The first-order chi connectivity index (χ1) is 12.9. The summed E-state index contributed by atoms with van der Waals surface area (Å²) in [6.45, 7) is 0. The van der Waals surface area contributed by atoms with Crippen LogP contribution in [0.1, 0.15) is 0 Å². The van der Waals surface area contributed by atoms with Crippen molar-refractivity contribution in [1.82, 2.24) is 14.8 Å². The van der Waals surface area contributed by atoms with Crippen LogP contribution in [0.3, 0.4) is 0 Å². The second kappa shape index (κ2) is 8.71. The number of carbonyl (C=O) groups is 1. The molecule has 1 N–H and O–H groups in total. The van der Waals surface area contributed by atoms with E-state index in [9.17, 15) is 4.79 Å². The van der Waals surface area contributed by atoms with Gasteiger partial charge in [-0.25, -0.2) is 0 Å². The van der Waals surface area contributed by atoms with Gasteiger partial charge in [-0.2, -0.15) is 0 Å². The van der Waals surface area contributed by atoms with Gasteiger partial charge >= 0.3 is 0 Å². The minimum atomic E-state index is -0.260. The molecule has 1 amide bonds. The Morgan fingerprint density at radius 2 is 1.78 bits per heavy atom. The Labute approximate surface area is 180 Å². The second-order valence-corrected chi connectivity index (χ2v) is 8.02. The van der Waals surface area contributed by atoms with Crippen LogP contribution in [0.4, 0.5) is 5.69 Å². The number of benzene rings is 2. The lowest BCUT2D eigenvalue weighted by Gasteiger charge is -2.09. The van der Waals surface area contributed by atoms with Crippen LogP contribution >= 0.6 is 58.2 Å². The van der Waals surface area contributed by atoms with Crippen molar-refractivity contribution in [2.24, 2.45) is 7.05 Å². The Hall–Kier alpha value is -1.44. The highest BCUT2D eigenvalue weighted by Gasteiger charge is 2.16. The fourth-order valence-electron chi connectivity index (χ4n) is 2.27. The van der Waals surface area contributed by atoms with E-state index in [1.54, 1.807) is 48.0 Å². The fourth-order valence-corrected chi connectivity index (χ4v) is 3.96. The Balaban J connectivity index is 1.70. The maximum Gasteiger partial charge on any atom is 0.234 e. The maximum absolute atomic E-state index is 12.2. The number of halogens is 4. The van der Waals surface area contributed by atoms with Crippen molar-refractivity contribution in [1.29, 1.82) is 0 Å². The predicted octanol–water partition coefficient (Wildman–Crippen LogP) is 5.83. The maximum atomic E-state index is 12.2. The third-order valence-corrected chi connectivity index (χ3v) is 5.76. The van der Waals surface area contributed by atoms with Crippen LogP contribution in [0.2, 0.25) is 20.1 Å². The summed E-state index contributed by atoms with van der Waals surface area (Å²) in [6, 6.07) is 10.2. The molecule has 0 bridgehead atoms. The number of aromatic nitrogens is 3. The number of thioether (sulfide) groups is 1. The molecule has 0 radical (unpaired) electrons. The molecule has 1 aromatic heterocycles. The van der Waals surface area contributed by atoms with Gasteiger partial charge in [0.2, 0.25) is 5.91 Å². The largest absolute Gasteiger partial charge is 0.323 e. The molecular weight excluding hydrogens is 450 g/mol. The number of hydrogen-bond acceptors (Lipinski definition) is 4. The average molecular weight is 462 g/mol. The van der Waals surface area contributed by atoms with E-state index in [-0.39, 0.29) is 11.7 Å². The molecule has 3 aromatic rings.